The summed E-state index contributed by atoms with van der Waals surface area (Å²) in [6.07, 6.45) is -13.7. The van der Waals surface area contributed by atoms with Gasteiger partial charge in [-0.3, -0.25) is 5.32 Å². The Bertz CT molecular complexity index is 676. The van der Waals surface area contributed by atoms with E-state index in [1.165, 1.54) is 12.2 Å². The smallest absolute Gasteiger partial charge is 0.439 e. The van der Waals surface area contributed by atoms with Crippen molar-refractivity contribution in [2.24, 2.45) is 0 Å². The minimum atomic E-state index is -5.98. The van der Waals surface area contributed by atoms with Crippen LogP contribution in [0, 0.1) is 18.3 Å². The monoisotopic (exact) mass is 389 g/mol. The summed E-state index contributed by atoms with van der Waals surface area (Å²) in [7, 11) is 0.623. The van der Waals surface area contributed by atoms with Gasteiger partial charge in [0.2, 0.25) is 0 Å². The number of nitrogens with zero attached hydrogens (tertiary/aromatic N) is 1. The summed E-state index contributed by atoms with van der Waals surface area (Å²) in [5.74, 6) is 0. The van der Waals surface area contributed by atoms with Crippen molar-refractivity contribution in [1.82, 2.24) is 5.32 Å². The Morgan fingerprint density at radius 3 is 2.12 bits per heavy atom. The number of ether oxygens (including phenoxy) is 1. The number of rotatable bonds is 4. The number of hydrogen-bond acceptors (Lipinski definition) is 5. The molecule has 0 aliphatic heterocycles. The fourth-order valence-corrected chi connectivity index (χ4v) is 3.21. The van der Waals surface area contributed by atoms with Crippen LogP contribution in [0.4, 0.5) is 36.1 Å². The van der Waals surface area contributed by atoms with Crippen molar-refractivity contribution in [3.63, 3.8) is 0 Å². The topological polar surface area (TPSA) is 74.2 Å². The lowest BCUT2D eigenvalue weighted by atomic mass is 10.1. The third kappa shape index (κ3) is 3.76. The molecular weight excluding hydrogens is 376 g/mol. The number of alkyl carbamates (subject to hydrolysis) is 1. The van der Waals surface area contributed by atoms with Crippen molar-refractivity contribution in [1.29, 1.82) is 5.26 Å². The SMILES string of the molecule is CCc1c(C)sc(NC(NC(=O)OC)(C(F)(F)F)C(F)(F)F)c1C#N. The third-order valence-corrected chi connectivity index (χ3v) is 4.36. The van der Waals surface area contributed by atoms with E-state index in [0.29, 0.717) is 28.9 Å². The molecule has 1 amide bonds. The van der Waals surface area contributed by atoms with Gasteiger partial charge in [0.1, 0.15) is 11.1 Å². The molecule has 0 radical (unpaired) electrons. The lowest BCUT2D eigenvalue weighted by Gasteiger charge is -2.38. The van der Waals surface area contributed by atoms with Gasteiger partial charge < -0.3 is 10.1 Å². The van der Waals surface area contributed by atoms with Crippen LogP contribution in [0.2, 0.25) is 0 Å². The van der Waals surface area contributed by atoms with Gasteiger partial charge in [-0.1, -0.05) is 6.92 Å². The summed E-state index contributed by atoms with van der Waals surface area (Å²) < 4.78 is 84.0. The predicted octanol–water partition coefficient (Wildman–Crippen LogP) is 4.08. The number of carbonyl (C=O) groups excluding carboxylic acids is 1. The Labute approximate surface area is 142 Å². The fraction of sp³-hybridized carbons (Fsp3) is 0.538. The Balaban J connectivity index is 3.60. The van der Waals surface area contributed by atoms with Gasteiger partial charge in [-0.05, 0) is 18.9 Å². The van der Waals surface area contributed by atoms with Crippen LogP contribution in [0.25, 0.3) is 0 Å². The Morgan fingerprint density at radius 2 is 1.76 bits per heavy atom. The van der Waals surface area contributed by atoms with Crippen molar-refractivity contribution in [2.45, 2.75) is 38.3 Å². The quantitative estimate of drug-likeness (QED) is 0.601. The molecule has 2 N–H and O–H groups in total. The van der Waals surface area contributed by atoms with Gasteiger partial charge in [-0.2, -0.15) is 31.6 Å². The number of halogens is 6. The minimum absolute atomic E-state index is 0.238. The van der Waals surface area contributed by atoms with Crippen LogP contribution in [0.15, 0.2) is 0 Å². The first-order valence-corrected chi connectivity index (χ1v) is 7.46. The second-order valence-corrected chi connectivity index (χ2v) is 6.02. The van der Waals surface area contributed by atoms with E-state index in [9.17, 15) is 31.1 Å². The van der Waals surface area contributed by atoms with E-state index < -0.39 is 29.1 Å². The highest BCUT2D eigenvalue weighted by atomic mass is 32.1. The number of nitrogens with one attached hydrogen (secondary N) is 2. The number of hydrogen-bond donors (Lipinski definition) is 2. The van der Waals surface area contributed by atoms with Crippen molar-refractivity contribution in [2.75, 3.05) is 12.4 Å². The summed E-state index contributed by atoms with van der Waals surface area (Å²) in [6, 6.07) is 1.60. The second-order valence-electron chi connectivity index (χ2n) is 4.79. The Hall–Kier alpha value is -2.16. The maximum absolute atomic E-state index is 13.3. The van der Waals surface area contributed by atoms with E-state index in [1.54, 1.807) is 13.0 Å². The van der Waals surface area contributed by atoms with E-state index in [-0.39, 0.29) is 12.0 Å². The average Bonchev–Trinajstić information content (AvgIpc) is 2.78. The molecule has 0 unspecified atom stereocenters. The molecule has 0 aliphatic carbocycles. The van der Waals surface area contributed by atoms with Gasteiger partial charge >= 0.3 is 24.1 Å². The molecule has 0 saturated heterocycles. The molecule has 12 heteroatoms. The summed E-state index contributed by atoms with van der Waals surface area (Å²) in [4.78, 5) is 11.5. The first kappa shape index (κ1) is 20.9. The van der Waals surface area contributed by atoms with E-state index in [1.807, 2.05) is 0 Å². The number of anilines is 1. The number of alkyl halides is 6. The van der Waals surface area contributed by atoms with Crippen molar-refractivity contribution in [3.8, 4) is 6.07 Å². The van der Waals surface area contributed by atoms with E-state index >= 15 is 0 Å². The summed E-state index contributed by atoms with van der Waals surface area (Å²) >= 11 is 0.558. The summed E-state index contributed by atoms with van der Waals surface area (Å²) in [5, 5.41) is 10.5. The van der Waals surface area contributed by atoms with Crippen molar-refractivity contribution in [3.05, 3.63) is 16.0 Å². The molecule has 25 heavy (non-hydrogen) atoms. The number of thiophene rings is 1. The zero-order chi connectivity index (χ0) is 19.6. The summed E-state index contributed by atoms with van der Waals surface area (Å²) in [6.45, 7) is 3.07. The summed E-state index contributed by atoms with van der Waals surface area (Å²) in [5.41, 5.74) is -4.83. The van der Waals surface area contributed by atoms with Crippen LogP contribution in [0.3, 0.4) is 0 Å². The largest absolute Gasteiger partial charge is 0.453 e. The number of aryl methyl sites for hydroxylation is 1. The highest BCUT2D eigenvalue weighted by molar-refractivity contribution is 7.16. The molecule has 0 atom stereocenters. The molecule has 0 aliphatic rings. The molecule has 0 aromatic carbocycles. The normalized spacial score (nSPS) is 12.5. The van der Waals surface area contributed by atoms with Gasteiger partial charge in [0.15, 0.2) is 0 Å². The van der Waals surface area contributed by atoms with Crippen LogP contribution >= 0.6 is 11.3 Å². The lowest BCUT2D eigenvalue weighted by molar-refractivity contribution is -0.294. The van der Waals surface area contributed by atoms with Gasteiger partial charge in [0.25, 0.3) is 0 Å². The number of methoxy groups -OCH3 is 1. The average molecular weight is 389 g/mol. The maximum atomic E-state index is 13.3. The van der Waals surface area contributed by atoms with E-state index in [2.05, 4.69) is 4.74 Å². The standard InChI is InChI=1S/C13H13F6N3O2S/c1-4-7-6(2)25-9(8(7)5-20)21-11(12(14,15)16,13(17,18)19)22-10(23)24-3/h21H,4H2,1-3H3,(H,22,23). The highest BCUT2D eigenvalue weighted by Crippen LogP contribution is 2.46. The lowest BCUT2D eigenvalue weighted by Crippen LogP contribution is -2.72. The molecule has 1 aromatic heterocycles. The first-order valence-electron chi connectivity index (χ1n) is 6.64. The molecule has 1 heterocycles. The molecule has 0 fully saturated rings. The maximum Gasteiger partial charge on any atom is 0.439 e. The zero-order valence-electron chi connectivity index (χ0n) is 13.1. The van der Waals surface area contributed by atoms with Gasteiger partial charge in [0, 0.05) is 4.88 Å². The van der Waals surface area contributed by atoms with Gasteiger partial charge in [0.05, 0.1) is 12.7 Å². The Kier molecular flexibility index (Phi) is 5.84. The van der Waals surface area contributed by atoms with Crippen molar-refractivity contribution >= 4 is 22.4 Å². The molecule has 0 spiro atoms. The predicted molar refractivity (Wildman–Crippen MR) is 77.2 cm³/mol. The van der Waals surface area contributed by atoms with Crippen LogP contribution in [0.5, 0.6) is 0 Å². The first-order chi connectivity index (χ1) is 11.3. The minimum Gasteiger partial charge on any atom is -0.453 e. The number of carbonyl (C=O) groups is 1. The molecule has 0 saturated carbocycles. The second kappa shape index (κ2) is 6.99. The Morgan fingerprint density at radius 1 is 1.24 bits per heavy atom. The highest BCUT2D eigenvalue weighted by Gasteiger charge is 2.73. The zero-order valence-corrected chi connectivity index (χ0v) is 14.0. The van der Waals surface area contributed by atoms with Crippen LogP contribution in [0.1, 0.15) is 22.9 Å². The van der Waals surface area contributed by atoms with Gasteiger partial charge in [-0.25, -0.2) is 4.79 Å². The number of amides is 1. The molecule has 140 valence electrons. The van der Waals surface area contributed by atoms with Crippen molar-refractivity contribution < 1.29 is 35.9 Å². The number of nitriles is 1. The third-order valence-electron chi connectivity index (χ3n) is 3.30. The van der Waals surface area contributed by atoms with Crippen LogP contribution in [-0.2, 0) is 11.2 Å². The van der Waals surface area contributed by atoms with Gasteiger partial charge in [-0.15, -0.1) is 11.3 Å². The van der Waals surface area contributed by atoms with Crippen LogP contribution in [-0.4, -0.2) is 31.2 Å². The fourth-order valence-electron chi connectivity index (χ4n) is 2.06. The molecule has 1 aromatic rings. The molecule has 5 nitrogen and oxygen atoms in total. The van der Waals surface area contributed by atoms with E-state index in [4.69, 9.17) is 5.26 Å². The molecule has 0 bridgehead atoms. The molecule has 1 rings (SSSR count). The van der Waals surface area contributed by atoms with Crippen LogP contribution < -0.4 is 10.6 Å². The van der Waals surface area contributed by atoms with E-state index in [0.717, 1.165) is 5.32 Å². The molecular formula is C13H13F6N3O2S.